The Labute approximate surface area is 113 Å². The highest BCUT2D eigenvalue weighted by atomic mass is 35.5. The fourth-order valence-electron chi connectivity index (χ4n) is 1.47. The topological polar surface area (TPSA) is 49.3 Å². The molecule has 0 atom stereocenters. The number of halogens is 1. The maximum Gasteiger partial charge on any atom is 0.241 e. The number of rotatable bonds is 4. The summed E-state index contributed by atoms with van der Waals surface area (Å²) in [4.78, 5) is 23.6. The van der Waals surface area contributed by atoms with Crippen molar-refractivity contribution in [2.24, 2.45) is 0 Å². The van der Waals surface area contributed by atoms with Crippen LogP contribution >= 0.6 is 11.6 Å². The molecule has 0 aromatic carbocycles. The summed E-state index contributed by atoms with van der Waals surface area (Å²) in [5, 5.41) is 0.445. The van der Waals surface area contributed by atoms with Gasteiger partial charge >= 0.3 is 0 Å². The zero-order chi connectivity index (χ0) is 13.9. The zero-order valence-electron chi connectivity index (χ0n) is 11.5. The Bertz CT molecular complexity index is 448. The van der Waals surface area contributed by atoms with Crippen LogP contribution in [0.5, 0.6) is 0 Å². The zero-order valence-corrected chi connectivity index (χ0v) is 12.2. The van der Waals surface area contributed by atoms with Gasteiger partial charge in [-0.15, -0.1) is 0 Å². The van der Waals surface area contributed by atoms with E-state index in [-0.39, 0.29) is 12.5 Å². The molecule has 1 amide bonds. The molecule has 5 nitrogen and oxygen atoms in total. The number of hydrogen-bond donors (Lipinski definition) is 0. The van der Waals surface area contributed by atoms with Gasteiger partial charge in [0.25, 0.3) is 0 Å². The Balaban J connectivity index is 3.01. The number of carbonyl (C=O) groups excluding carboxylic acids is 1. The molecule has 1 rings (SSSR count). The first kappa shape index (κ1) is 14.7. The Morgan fingerprint density at radius 2 is 1.89 bits per heavy atom. The summed E-state index contributed by atoms with van der Waals surface area (Å²) in [7, 11) is 5.29. The lowest BCUT2D eigenvalue weighted by Crippen LogP contribution is -2.35. The fourth-order valence-corrected chi connectivity index (χ4v) is 1.65. The van der Waals surface area contributed by atoms with E-state index in [4.69, 9.17) is 11.6 Å². The molecule has 0 radical (unpaired) electrons. The maximum atomic E-state index is 11.7. The van der Waals surface area contributed by atoms with Crippen LogP contribution in [0.2, 0.25) is 5.15 Å². The molecular weight excluding hydrogens is 252 g/mol. The number of nitrogens with zero attached hydrogens (tertiary/aromatic N) is 4. The Hall–Kier alpha value is -1.36. The molecule has 100 valence electrons. The van der Waals surface area contributed by atoms with Crippen molar-refractivity contribution in [3.05, 3.63) is 16.5 Å². The molecule has 0 spiro atoms. The van der Waals surface area contributed by atoms with Crippen LogP contribution in [-0.2, 0) is 11.2 Å². The van der Waals surface area contributed by atoms with E-state index in [9.17, 15) is 4.79 Å². The third-order valence-electron chi connectivity index (χ3n) is 2.66. The highest BCUT2D eigenvalue weighted by Crippen LogP contribution is 2.22. The molecule has 0 N–H and O–H groups in total. The maximum absolute atomic E-state index is 11.7. The normalized spacial score (nSPS) is 10.3. The number of carbonyl (C=O) groups is 1. The monoisotopic (exact) mass is 270 g/mol. The highest BCUT2D eigenvalue weighted by molar-refractivity contribution is 6.30. The average Bonchev–Trinajstić information content (AvgIpc) is 2.31. The second-order valence-electron chi connectivity index (χ2n) is 4.38. The summed E-state index contributed by atoms with van der Waals surface area (Å²) >= 11 is 6.07. The van der Waals surface area contributed by atoms with Crippen molar-refractivity contribution in [3.63, 3.8) is 0 Å². The summed E-state index contributed by atoms with van der Waals surface area (Å²) < 4.78 is 0. The molecule has 0 aliphatic heterocycles. The third-order valence-corrected chi connectivity index (χ3v) is 3.02. The van der Waals surface area contributed by atoms with Gasteiger partial charge in [0.15, 0.2) is 0 Å². The minimum absolute atomic E-state index is 0.0182. The number of anilines is 1. The molecule has 0 bridgehead atoms. The lowest BCUT2D eigenvalue weighted by Gasteiger charge is -2.22. The van der Waals surface area contributed by atoms with Gasteiger partial charge < -0.3 is 9.80 Å². The molecule has 18 heavy (non-hydrogen) atoms. The first-order chi connectivity index (χ1) is 8.36. The Morgan fingerprint density at radius 1 is 1.28 bits per heavy atom. The number of likely N-dealkylation sites (N-methyl/N-ethyl adjacent to an activating group) is 2. The summed E-state index contributed by atoms with van der Waals surface area (Å²) in [6.07, 6.45) is 0.711. The van der Waals surface area contributed by atoms with Gasteiger partial charge in [-0.25, -0.2) is 9.97 Å². The van der Waals surface area contributed by atoms with Gasteiger partial charge in [-0.1, -0.05) is 18.5 Å². The van der Waals surface area contributed by atoms with E-state index in [0.717, 1.165) is 5.56 Å². The van der Waals surface area contributed by atoms with Crippen molar-refractivity contribution in [2.75, 3.05) is 32.6 Å². The fraction of sp³-hybridized carbons (Fsp3) is 0.583. The van der Waals surface area contributed by atoms with Crippen molar-refractivity contribution < 1.29 is 4.79 Å². The van der Waals surface area contributed by atoms with Gasteiger partial charge in [-0.2, -0.15) is 0 Å². The number of amides is 1. The minimum atomic E-state index is 0.0182. The molecule has 0 unspecified atom stereocenters. The summed E-state index contributed by atoms with van der Waals surface area (Å²) in [5.74, 6) is 1.41. The van der Waals surface area contributed by atoms with Crippen LogP contribution in [0.1, 0.15) is 18.3 Å². The van der Waals surface area contributed by atoms with E-state index >= 15 is 0 Å². The van der Waals surface area contributed by atoms with Crippen LogP contribution in [0.3, 0.4) is 0 Å². The number of aryl methyl sites for hydroxylation is 1. The number of aromatic nitrogens is 2. The van der Waals surface area contributed by atoms with Crippen molar-refractivity contribution >= 4 is 23.3 Å². The molecule has 1 heterocycles. The quantitative estimate of drug-likeness (QED) is 0.779. The summed E-state index contributed by atoms with van der Waals surface area (Å²) in [6.45, 7) is 4.09. The molecule has 0 saturated heterocycles. The molecule has 0 fully saturated rings. The molecular formula is C12H19ClN4O. The Morgan fingerprint density at radius 3 is 2.39 bits per heavy atom. The summed E-state index contributed by atoms with van der Waals surface area (Å²) in [5.41, 5.74) is 0.794. The van der Waals surface area contributed by atoms with E-state index in [1.807, 2.05) is 20.9 Å². The van der Waals surface area contributed by atoms with E-state index in [0.29, 0.717) is 23.2 Å². The van der Waals surface area contributed by atoms with E-state index in [1.165, 1.54) is 0 Å². The molecule has 0 saturated carbocycles. The smallest absolute Gasteiger partial charge is 0.241 e. The highest BCUT2D eigenvalue weighted by Gasteiger charge is 2.15. The Kier molecular flexibility index (Phi) is 4.90. The van der Waals surface area contributed by atoms with Crippen LogP contribution < -0.4 is 4.90 Å². The van der Waals surface area contributed by atoms with Crippen molar-refractivity contribution in [1.29, 1.82) is 0 Å². The molecule has 1 aromatic rings. The largest absolute Gasteiger partial charge is 0.350 e. The van der Waals surface area contributed by atoms with Crippen molar-refractivity contribution in [2.45, 2.75) is 20.3 Å². The SMILES string of the molecule is CCc1nc(Cl)c(C)c(N(C)CC(=O)N(C)C)n1. The van der Waals surface area contributed by atoms with Crippen LogP contribution in [-0.4, -0.2) is 48.5 Å². The lowest BCUT2D eigenvalue weighted by molar-refractivity contribution is -0.127. The minimum Gasteiger partial charge on any atom is -0.350 e. The van der Waals surface area contributed by atoms with Gasteiger partial charge in [0.1, 0.15) is 16.8 Å². The average molecular weight is 271 g/mol. The van der Waals surface area contributed by atoms with Gasteiger partial charge in [0.2, 0.25) is 5.91 Å². The van der Waals surface area contributed by atoms with Crippen molar-refractivity contribution in [3.8, 4) is 0 Å². The molecule has 0 aliphatic rings. The predicted octanol–water partition coefficient (Wildman–Crippen LogP) is 1.53. The van der Waals surface area contributed by atoms with E-state index in [2.05, 4.69) is 9.97 Å². The predicted molar refractivity (Wildman–Crippen MR) is 73.1 cm³/mol. The third kappa shape index (κ3) is 3.32. The van der Waals surface area contributed by atoms with Crippen LogP contribution in [0.15, 0.2) is 0 Å². The van der Waals surface area contributed by atoms with E-state index < -0.39 is 0 Å². The lowest BCUT2D eigenvalue weighted by atomic mass is 10.3. The standard InChI is InChI=1S/C12H19ClN4O/c1-6-9-14-11(13)8(2)12(15-9)17(5)7-10(18)16(3)4/h6-7H2,1-5H3. The first-order valence-electron chi connectivity index (χ1n) is 5.81. The van der Waals surface area contributed by atoms with Crippen LogP contribution in [0.4, 0.5) is 5.82 Å². The van der Waals surface area contributed by atoms with Crippen molar-refractivity contribution in [1.82, 2.24) is 14.9 Å². The van der Waals surface area contributed by atoms with Gasteiger partial charge in [0.05, 0.1) is 6.54 Å². The molecule has 1 aromatic heterocycles. The molecule has 6 heteroatoms. The summed E-state index contributed by atoms with van der Waals surface area (Å²) in [6, 6.07) is 0. The van der Waals surface area contributed by atoms with Gasteiger partial charge in [-0.3, -0.25) is 4.79 Å². The second-order valence-corrected chi connectivity index (χ2v) is 4.74. The first-order valence-corrected chi connectivity index (χ1v) is 6.18. The molecule has 0 aliphatic carbocycles. The second kappa shape index (κ2) is 6.00. The van der Waals surface area contributed by atoms with Crippen LogP contribution in [0.25, 0.3) is 0 Å². The van der Waals surface area contributed by atoms with E-state index in [1.54, 1.807) is 23.9 Å². The van der Waals surface area contributed by atoms with Gasteiger partial charge in [0, 0.05) is 33.1 Å². The number of hydrogen-bond acceptors (Lipinski definition) is 4. The van der Waals surface area contributed by atoms with Crippen LogP contribution in [0, 0.1) is 6.92 Å². The van der Waals surface area contributed by atoms with Gasteiger partial charge in [-0.05, 0) is 6.92 Å².